The zero-order chi connectivity index (χ0) is 13.5. The van der Waals surface area contributed by atoms with Crippen molar-refractivity contribution in [3.63, 3.8) is 0 Å². The van der Waals surface area contributed by atoms with E-state index in [9.17, 15) is 4.79 Å². The second-order valence-electron chi connectivity index (χ2n) is 3.55. The van der Waals surface area contributed by atoms with Crippen LogP contribution in [0.1, 0.15) is 13.3 Å². The van der Waals surface area contributed by atoms with E-state index in [4.69, 9.17) is 10.5 Å². The Balaban J connectivity index is 2.72. The van der Waals surface area contributed by atoms with Gasteiger partial charge in [-0.1, -0.05) is 0 Å². The van der Waals surface area contributed by atoms with Crippen molar-refractivity contribution in [2.24, 2.45) is 0 Å². The average Bonchev–Trinajstić information content (AvgIpc) is 2.35. The Labute approximate surface area is 106 Å². The number of nitrogens with zero attached hydrogens (tertiary/aromatic N) is 4. The number of hydrogen-bond acceptors (Lipinski definition) is 7. The minimum Gasteiger partial charge on any atom is -0.464 e. The number of carbonyl (C=O) groups excluding carboxylic acids is 1. The molecule has 0 radical (unpaired) electrons. The number of nitrogen functional groups attached to an aromatic ring is 1. The smallest absolute Gasteiger partial charge is 0.323 e. The van der Waals surface area contributed by atoms with Crippen molar-refractivity contribution in [2.75, 3.05) is 37.9 Å². The lowest BCUT2D eigenvalue weighted by Gasteiger charge is -2.16. The summed E-state index contributed by atoms with van der Waals surface area (Å²) in [4.78, 5) is 24.8. The molecule has 0 fully saturated rings. The molecule has 0 aliphatic heterocycles. The Morgan fingerprint density at radius 3 is 2.78 bits per heavy atom. The third-order valence-corrected chi connectivity index (χ3v) is 2.19. The topological polar surface area (TPSA) is 106 Å². The number of nitrogens with two attached hydrogens (primary N) is 1. The van der Waals surface area contributed by atoms with Gasteiger partial charge in [-0.05, 0) is 6.92 Å². The van der Waals surface area contributed by atoms with Crippen LogP contribution in [0.25, 0.3) is 0 Å². The van der Waals surface area contributed by atoms with E-state index >= 15 is 0 Å². The number of ether oxygens (including phenoxy) is 1. The number of rotatable bonds is 6. The van der Waals surface area contributed by atoms with Crippen molar-refractivity contribution in [1.82, 2.24) is 20.3 Å². The maximum absolute atomic E-state index is 11.1. The summed E-state index contributed by atoms with van der Waals surface area (Å²) in [6.45, 7) is 2.76. The average molecular weight is 254 g/mol. The van der Waals surface area contributed by atoms with Gasteiger partial charge in [0.05, 0.1) is 6.61 Å². The van der Waals surface area contributed by atoms with E-state index in [0.717, 1.165) is 0 Å². The van der Waals surface area contributed by atoms with E-state index in [0.29, 0.717) is 25.5 Å². The number of nitrogens with one attached hydrogen (secondary N) is 1. The van der Waals surface area contributed by atoms with Crippen LogP contribution in [-0.2, 0) is 4.79 Å². The van der Waals surface area contributed by atoms with Gasteiger partial charge in [0.1, 0.15) is 0 Å². The van der Waals surface area contributed by atoms with Crippen molar-refractivity contribution < 1.29 is 9.53 Å². The summed E-state index contributed by atoms with van der Waals surface area (Å²) in [5.74, 6) is 0.430. The molecule has 8 nitrogen and oxygen atoms in total. The zero-order valence-corrected chi connectivity index (χ0v) is 10.8. The molecule has 0 unspecified atom stereocenters. The van der Waals surface area contributed by atoms with Crippen molar-refractivity contribution >= 4 is 17.8 Å². The molecule has 0 saturated heterocycles. The Bertz CT molecular complexity index is 411. The van der Waals surface area contributed by atoms with Crippen LogP contribution in [0.3, 0.4) is 0 Å². The van der Waals surface area contributed by atoms with E-state index in [2.05, 4.69) is 20.3 Å². The summed E-state index contributed by atoms with van der Waals surface area (Å²) in [5, 5.41) is 2.55. The SMILES string of the molecule is CCOc1nc(N)nc(N(C)CCC(=O)NC)n1. The number of hydrogen-bond donors (Lipinski definition) is 2. The van der Waals surface area contributed by atoms with Crippen LogP contribution < -0.4 is 20.7 Å². The molecular formula is C10H18N6O2. The van der Waals surface area contributed by atoms with E-state index < -0.39 is 0 Å². The molecule has 1 aromatic rings. The van der Waals surface area contributed by atoms with Crippen LogP contribution in [-0.4, -0.2) is 48.1 Å². The normalized spacial score (nSPS) is 9.94. The molecule has 0 aromatic carbocycles. The summed E-state index contributed by atoms with van der Waals surface area (Å²) in [7, 11) is 3.36. The van der Waals surface area contributed by atoms with E-state index in [1.54, 1.807) is 19.0 Å². The third kappa shape index (κ3) is 4.04. The van der Waals surface area contributed by atoms with Crippen LogP contribution in [0, 0.1) is 0 Å². The molecule has 0 spiro atoms. The number of anilines is 2. The standard InChI is InChI=1S/C10H18N6O2/c1-4-18-10-14-8(11)13-9(15-10)16(3)6-5-7(17)12-2/h4-6H2,1-3H3,(H,12,17)(H2,11,13,14,15). The van der Waals surface area contributed by atoms with Gasteiger partial charge in [0, 0.05) is 27.1 Å². The molecule has 0 bridgehead atoms. The lowest BCUT2D eigenvalue weighted by atomic mass is 10.4. The maximum atomic E-state index is 11.1. The Hall–Kier alpha value is -2.12. The van der Waals surface area contributed by atoms with Crippen LogP contribution >= 0.6 is 0 Å². The lowest BCUT2D eigenvalue weighted by Crippen LogP contribution is -2.27. The fraction of sp³-hybridized carbons (Fsp3) is 0.600. The number of carbonyl (C=O) groups is 1. The molecule has 1 aromatic heterocycles. The molecule has 0 aliphatic carbocycles. The molecule has 100 valence electrons. The third-order valence-electron chi connectivity index (χ3n) is 2.19. The molecule has 1 amide bonds. The minimum atomic E-state index is -0.0473. The number of amides is 1. The first-order chi connectivity index (χ1) is 8.56. The summed E-state index contributed by atoms with van der Waals surface area (Å²) in [5.41, 5.74) is 5.56. The van der Waals surface area contributed by atoms with Crippen LogP contribution in [0.2, 0.25) is 0 Å². The van der Waals surface area contributed by atoms with Crippen molar-refractivity contribution in [3.05, 3.63) is 0 Å². The van der Waals surface area contributed by atoms with Gasteiger partial charge in [0.15, 0.2) is 0 Å². The first-order valence-corrected chi connectivity index (χ1v) is 5.62. The highest BCUT2D eigenvalue weighted by Gasteiger charge is 2.10. The lowest BCUT2D eigenvalue weighted by molar-refractivity contribution is -0.120. The van der Waals surface area contributed by atoms with Gasteiger partial charge in [0.25, 0.3) is 0 Å². The van der Waals surface area contributed by atoms with Gasteiger partial charge >= 0.3 is 6.01 Å². The first-order valence-electron chi connectivity index (χ1n) is 5.62. The predicted molar refractivity (Wildman–Crippen MR) is 67.4 cm³/mol. The second kappa shape index (κ2) is 6.58. The highest BCUT2D eigenvalue weighted by molar-refractivity contribution is 5.76. The molecule has 3 N–H and O–H groups in total. The molecule has 0 saturated carbocycles. The van der Waals surface area contributed by atoms with Crippen LogP contribution in [0.4, 0.5) is 11.9 Å². The van der Waals surface area contributed by atoms with E-state index in [1.165, 1.54) is 0 Å². The molecular weight excluding hydrogens is 236 g/mol. The van der Waals surface area contributed by atoms with Gasteiger partial charge < -0.3 is 20.7 Å². The van der Waals surface area contributed by atoms with E-state index in [1.807, 2.05) is 6.92 Å². The highest BCUT2D eigenvalue weighted by Crippen LogP contribution is 2.12. The fourth-order valence-corrected chi connectivity index (χ4v) is 1.22. The van der Waals surface area contributed by atoms with Crippen molar-refractivity contribution in [1.29, 1.82) is 0 Å². The van der Waals surface area contributed by atoms with Gasteiger partial charge in [0.2, 0.25) is 17.8 Å². The zero-order valence-electron chi connectivity index (χ0n) is 10.8. The van der Waals surface area contributed by atoms with Crippen molar-refractivity contribution in [2.45, 2.75) is 13.3 Å². The molecule has 0 aliphatic rings. The predicted octanol–water partition coefficient (Wildman–Crippen LogP) is -0.575. The Morgan fingerprint density at radius 1 is 1.44 bits per heavy atom. The molecule has 1 heterocycles. The van der Waals surface area contributed by atoms with Gasteiger partial charge in [-0.25, -0.2) is 0 Å². The van der Waals surface area contributed by atoms with Crippen molar-refractivity contribution in [3.8, 4) is 6.01 Å². The molecule has 8 heteroatoms. The summed E-state index contributed by atoms with van der Waals surface area (Å²) < 4.78 is 5.18. The van der Waals surface area contributed by atoms with Gasteiger partial charge in [-0.15, -0.1) is 0 Å². The van der Waals surface area contributed by atoms with Crippen LogP contribution in [0.15, 0.2) is 0 Å². The Kier molecular flexibility index (Phi) is 5.09. The van der Waals surface area contributed by atoms with Gasteiger partial charge in [-0.3, -0.25) is 4.79 Å². The molecule has 1 rings (SSSR count). The monoisotopic (exact) mass is 254 g/mol. The summed E-state index contributed by atoms with van der Waals surface area (Å²) >= 11 is 0. The number of aromatic nitrogens is 3. The van der Waals surface area contributed by atoms with Gasteiger partial charge in [-0.2, -0.15) is 15.0 Å². The quantitative estimate of drug-likeness (QED) is 0.699. The maximum Gasteiger partial charge on any atom is 0.323 e. The van der Waals surface area contributed by atoms with Crippen LogP contribution in [0.5, 0.6) is 6.01 Å². The highest BCUT2D eigenvalue weighted by atomic mass is 16.5. The fourth-order valence-electron chi connectivity index (χ4n) is 1.22. The molecule has 0 atom stereocenters. The minimum absolute atomic E-state index is 0.0473. The largest absolute Gasteiger partial charge is 0.464 e. The summed E-state index contributed by atoms with van der Waals surface area (Å²) in [6.07, 6.45) is 0.350. The molecule has 18 heavy (non-hydrogen) atoms. The first kappa shape index (κ1) is 13.9. The summed E-state index contributed by atoms with van der Waals surface area (Å²) in [6, 6.07) is 0.187. The van der Waals surface area contributed by atoms with E-state index in [-0.39, 0.29) is 17.9 Å². The Morgan fingerprint density at radius 2 is 2.17 bits per heavy atom. The second-order valence-corrected chi connectivity index (χ2v) is 3.55.